The van der Waals surface area contributed by atoms with Crippen LogP contribution in [0.5, 0.6) is 0 Å². The van der Waals surface area contributed by atoms with Crippen molar-refractivity contribution in [2.45, 2.75) is 18.9 Å². The maximum absolute atomic E-state index is 11.4. The van der Waals surface area contributed by atoms with E-state index in [1.165, 1.54) is 0 Å². The van der Waals surface area contributed by atoms with E-state index in [1.807, 2.05) is 0 Å². The highest BCUT2D eigenvalue weighted by molar-refractivity contribution is 5.93. The second-order valence-electron chi connectivity index (χ2n) is 3.55. The zero-order valence-corrected chi connectivity index (χ0v) is 8.99. The lowest BCUT2D eigenvalue weighted by Crippen LogP contribution is -2.46. The minimum absolute atomic E-state index is 0.194. The van der Waals surface area contributed by atoms with E-state index in [1.54, 1.807) is 0 Å². The summed E-state index contributed by atoms with van der Waals surface area (Å²) in [5, 5.41) is 15.1. The normalized spacial score (nSPS) is 18.4. The quantitative estimate of drug-likeness (QED) is 0.428. The van der Waals surface area contributed by atoms with Crippen LogP contribution in [0, 0.1) is 0 Å². The number of carboxylic acid groups (broad SMARTS) is 1. The summed E-state index contributed by atoms with van der Waals surface area (Å²) in [4.78, 5) is 43.4. The molecular formula is C9H13N3O5. The number of carboxylic acids is 1. The third kappa shape index (κ3) is 4.49. The third-order valence-electron chi connectivity index (χ3n) is 2.17. The van der Waals surface area contributed by atoms with Crippen LogP contribution in [0.4, 0.5) is 0 Å². The maximum atomic E-state index is 11.4. The molecular weight excluding hydrogens is 230 g/mol. The molecule has 1 aliphatic heterocycles. The molecule has 8 nitrogen and oxygen atoms in total. The van der Waals surface area contributed by atoms with E-state index < -0.39 is 30.4 Å². The van der Waals surface area contributed by atoms with Crippen molar-refractivity contribution < 1.29 is 24.3 Å². The Morgan fingerprint density at radius 1 is 1.29 bits per heavy atom. The monoisotopic (exact) mass is 243 g/mol. The molecule has 17 heavy (non-hydrogen) atoms. The lowest BCUT2D eigenvalue weighted by molar-refractivity contribution is -0.137. The van der Waals surface area contributed by atoms with E-state index in [4.69, 9.17) is 5.11 Å². The smallest absolute Gasteiger partial charge is 0.322 e. The van der Waals surface area contributed by atoms with Crippen LogP contribution in [-0.4, -0.2) is 47.9 Å². The van der Waals surface area contributed by atoms with E-state index >= 15 is 0 Å². The van der Waals surface area contributed by atoms with Gasteiger partial charge < -0.3 is 21.1 Å². The number of aliphatic carboxylic acids is 1. The van der Waals surface area contributed by atoms with Crippen LogP contribution in [0.15, 0.2) is 0 Å². The summed E-state index contributed by atoms with van der Waals surface area (Å²) in [6.45, 7) is -0.798. The first-order valence-electron chi connectivity index (χ1n) is 5.04. The molecule has 3 amide bonds. The molecule has 0 aromatic rings. The van der Waals surface area contributed by atoms with Crippen LogP contribution in [-0.2, 0) is 19.2 Å². The minimum atomic E-state index is -1.16. The highest BCUT2D eigenvalue weighted by Gasteiger charge is 2.27. The van der Waals surface area contributed by atoms with Crippen molar-refractivity contribution in [3.63, 3.8) is 0 Å². The standard InChI is InChI=1S/C9H13N3O5/c13-6-2-1-5(12-6)9(17)11-3-7(14)10-4-8(15)16/h5H,1-4H2,(H,10,14)(H,11,17)(H,12,13)(H,15,16)/t5-/m0/s1. The Labute approximate surface area is 96.7 Å². The van der Waals surface area contributed by atoms with Gasteiger partial charge in [0.1, 0.15) is 12.6 Å². The fourth-order valence-electron chi connectivity index (χ4n) is 1.34. The summed E-state index contributed by atoms with van der Waals surface area (Å²) in [6.07, 6.45) is 0.699. The fourth-order valence-corrected chi connectivity index (χ4v) is 1.34. The molecule has 94 valence electrons. The summed E-state index contributed by atoms with van der Waals surface area (Å²) < 4.78 is 0. The number of nitrogens with one attached hydrogen (secondary N) is 3. The second-order valence-corrected chi connectivity index (χ2v) is 3.55. The zero-order valence-electron chi connectivity index (χ0n) is 8.99. The molecule has 1 atom stereocenters. The van der Waals surface area contributed by atoms with E-state index in [9.17, 15) is 19.2 Å². The fraction of sp³-hybridized carbons (Fsp3) is 0.556. The molecule has 0 spiro atoms. The molecule has 0 aliphatic carbocycles. The Balaban J connectivity index is 2.21. The van der Waals surface area contributed by atoms with Crippen LogP contribution in [0.25, 0.3) is 0 Å². The molecule has 1 rings (SSSR count). The number of carbonyl (C=O) groups is 4. The van der Waals surface area contributed by atoms with Crippen molar-refractivity contribution in [3.8, 4) is 0 Å². The molecule has 1 fully saturated rings. The summed E-state index contributed by atoms with van der Waals surface area (Å²) in [5.41, 5.74) is 0. The summed E-state index contributed by atoms with van der Waals surface area (Å²) in [6, 6.07) is -0.602. The van der Waals surface area contributed by atoms with Gasteiger partial charge in [0, 0.05) is 6.42 Å². The van der Waals surface area contributed by atoms with Crippen LogP contribution < -0.4 is 16.0 Å². The van der Waals surface area contributed by atoms with Gasteiger partial charge >= 0.3 is 5.97 Å². The lowest BCUT2D eigenvalue weighted by atomic mass is 10.2. The van der Waals surface area contributed by atoms with Gasteiger partial charge in [-0.1, -0.05) is 0 Å². The average molecular weight is 243 g/mol. The SMILES string of the molecule is O=C(O)CNC(=O)CNC(=O)[C@@H]1CCC(=O)N1. The number of carbonyl (C=O) groups excluding carboxylic acids is 3. The van der Waals surface area contributed by atoms with Crippen LogP contribution in [0.2, 0.25) is 0 Å². The molecule has 0 radical (unpaired) electrons. The summed E-state index contributed by atoms with van der Waals surface area (Å²) in [7, 11) is 0. The van der Waals surface area contributed by atoms with Crippen LogP contribution in [0.1, 0.15) is 12.8 Å². The summed E-state index contributed by atoms with van der Waals surface area (Å²) in [5.74, 6) is -2.39. The van der Waals surface area contributed by atoms with Gasteiger partial charge in [-0.15, -0.1) is 0 Å². The molecule has 4 N–H and O–H groups in total. The molecule has 8 heteroatoms. The molecule has 0 unspecified atom stereocenters. The number of amides is 3. The van der Waals surface area contributed by atoms with Gasteiger partial charge in [-0.3, -0.25) is 19.2 Å². The van der Waals surface area contributed by atoms with E-state index in [0.29, 0.717) is 12.8 Å². The highest BCUT2D eigenvalue weighted by Crippen LogP contribution is 2.05. The van der Waals surface area contributed by atoms with Gasteiger partial charge in [-0.25, -0.2) is 0 Å². The average Bonchev–Trinajstić information content (AvgIpc) is 2.70. The predicted octanol–water partition coefficient (Wildman–Crippen LogP) is -2.42. The van der Waals surface area contributed by atoms with Gasteiger partial charge in [0.25, 0.3) is 0 Å². The van der Waals surface area contributed by atoms with Gasteiger partial charge in [-0.05, 0) is 6.42 Å². The van der Waals surface area contributed by atoms with Gasteiger partial charge in [-0.2, -0.15) is 0 Å². The third-order valence-corrected chi connectivity index (χ3v) is 2.17. The first-order valence-corrected chi connectivity index (χ1v) is 5.04. The van der Waals surface area contributed by atoms with Crippen molar-refractivity contribution >= 4 is 23.7 Å². The lowest BCUT2D eigenvalue weighted by Gasteiger charge is -2.10. The van der Waals surface area contributed by atoms with Gasteiger partial charge in [0.05, 0.1) is 6.54 Å². The van der Waals surface area contributed by atoms with Crippen molar-refractivity contribution in [2.75, 3.05) is 13.1 Å². The molecule has 1 heterocycles. The molecule has 0 aromatic heterocycles. The Kier molecular flexibility index (Phi) is 4.44. The van der Waals surface area contributed by atoms with Crippen LogP contribution >= 0.6 is 0 Å². The van der Waals surface area contributed by atoms with E-state index in [2.05, 4.69) is 16.0 Å². The first kappa shape index (κ1) is 12.9. The summed E-state index contributed by atoms with van der Waals surface area (Å²) >= 11 is 0. The minimum Gasteiger partial charge on any atom is -0.480 e. The maximum Gasteiger partial charge on any atom is 0.322 e. The Morgan fingerprint density at radius 2 is 2.00 bits per heavy atom. The molecule has 1 aliphatic rings. The molecule has 1 saturated heterocycles. The number of rotatable bonds is 5. The van der Waals surface area contributed by atoms with E-state index in [0.717, 1.165) is 0 Å². The van der Waals surface area contributed by atoms with Crippen molar-refractivity contribution in [2.24, 2.45) is 0 Å². The zero-order chi connectivity index (χ0) is 12.8. The van der Waals surface area contributed by atoms with Crippen molar-refractivity contribution in [3.05, 3.63) is 0 Å². The van der Waals surface area contributed by atoms with E-state index in [-0.39, 0.29) is 12.5 Å². The largest absolute Gasteiger partial charge is 0.480 e. The number of hydrogen-bond acceptors (Lipinski definition) is 4. The molecule has 0 aromatic carbocycles. The van der Waals surface area contributed by atoms with Crippen molar-refractivity contribution in [1.82, 2.24) is 16.0 Å². The Morgan fingerprint density at radius 3 is 2.53 bits per heavy atom. The number of hydrogen-bond donors (Lipinski definition) is 4. The van der Waals surface area contributed by atoms with Gasteiger partial charge in [0.2, 0.25) is 17.7 Å². The second kappa shape index (κ2) is 5.83. The van der Waals surface area contributed by atoms with Gasteiger partial charge in [0.15, 0.2) is 0 Å². The topological polar surface area (TPSA) is 125 Å². The van der Waals surface area contributed by atoms with Crippen molar-refractivity contribution in [1.29, 1.82) is 0 Å². The Bertz CT molecular complexity index is 355. The molecule has 0 bridgehead atoms. The highest BCUT2D eigenvalue weighted by atomic mass is 16.4. The van der Waals surface area contributed by atoms with Crippen LogP contribution in [0.3, 0.4) is 0 Å². The predicted molar refractivity (Wildman–Crippen MR) is 54.8 cm³/mol. The first-order chi connectivity index (χ1) is 7.99. The molecule has 0 saturated carbocycles. The Hall–Kier alpha value is -2.12.